The van der Waals surface area contributed by atoms with Gasteiger partial charge in [-0.15, -0.1) is 0 Å². The van der Waals surface area contributed by atoms with Crippen molar-refractivity contribution >= 4 is 21.9 Å². The van der Waals surface area contributed by atoms with E-state index in [-0.39, 0.29) is 28.8 Å². The van der Waals surface area contributed by atoms with Gasteiger partial charge in [0.2, 0.25) is 5.95 Å². The quantitative estimate of drug-likeness (QED) is 0.319. The monoisotopic (exact) mass is 555 g/mol. The van der Waals surface area contributed by atoms with Crippen molar-refractivity contribution in [2.75, 3.05) is 11.3 Å². The van der Waals surface area contributed by atoms with Gasteiger partial charge in [0.05, 0.1) is 22.6 Å². The summed E-state index contributed by atoms with van der Waals surface area (Å²) in [4.78, 5) is 18.9. The number of carboxylic acid groups (broad SMARTS) is 1. The fourth-order valence-corrected chi connectivity index (χ4v) is 5.44. The van der Waals surface area contributed by atoms with E-state index < -0.39 is 33.7 Å². The summed E-state index contributed by atoms with van der Waals surface area (Å²) in [7, 11) is -4.04. The maximum Gasteiger partial charge on any atom is 0.416 e. The Balaban J connectivity index is 1.56. The molecule has 0 saturated carbocycles. The van der Waals surface area contributed by atoms with E-state index in [9.17, 15) is 31.5 Å². The number of hydrogen-bond acceptors (Lipinski definition) is 6. The maximum absolute atomic E-state index is 13.6. The molecule has 1 atom stereocenters. The smallest absolute Gasteiger partial charge is 0.416 e. The minimum Gasteiger partial charge on any atom is -0.493 e. The number of ether oxygens (including phenoxy) is 1. The first-order chi connectivity index (χ1) is 18.5. The highest BCUT2D eigenvalue weighted by Crippen LogP contribution is 2.44. The predicted molar refractivity (Wildman–Crippen MR) is 135 cm³/mol. The largest absolute Gasteiger partial charge is 0.493 e. The Morgan fingerprint density at radius 1 is 0.974 bits per heavy atom. The van der Waals surface area contributed by atoms with Crippen molar-refractivity contribution in [1.29, 1.82) is 0 Å². The summed E-state index contributed by atoms with van der Waals surface area (Å²) >= 11 is 0. The lowest BCUT2D eigenvalue weighted by Gasteiger charge is -2.29. The van der Waals surface area contributed by atoms with Crippen molar-refractivity contribution < 1.29 is 36.2 Å². The number of carbonyl (C=O) groups is 1. The van der Waals surface area contributed by atoms with Crippen LogP contribution in [-0.2, 0) is 16.2 Å². The van der Waals surface area contributed by atoms with Gasteiger partial charge in [0.1, 0.15) is 5.75 Å². The molecule has 0 fully saturated rings. The minimum atomic E-state index is -4.58. The Kier molecular flexibility index (Phi) is 6.73. The first kappa shape index (κ1) is 26.2. The SMILES string of the molecule is O=C(O)c1ccc(-c2cc(C(F)(F)F)ccc2C2CCOc3cc(S(=O)(=O)Nc4ncccn4)ccc32)cc1. The van der Waals surface area contributed by atoms with Crippen LogP contribution in [0.4, 0.5) is 19.1 Å². The molecule has 1 unspecified atom stereocenters. The van der Waals surface area contributed by atoms with Gasteiger partial charge in [0.25, 0.3) is 10.0 Å². The lowest BCUT2D eigenvalue weighted by molar-refractivity contribution is -0.137. The first-order valence-corrected chi connectivity index (χ1v) is 13.1. The highest BCUT2D eigenvalue weighted by Gasteiger charge is 2.33. The number of hydrogen-bond donors (Lipinski definition) is 2. The molecule has 0 aliphatic carbocycles. The summed E-state index contributed by atoms with van der Waals surface area (Å²) in [6.07, 6.45) is -1.37. The zero-order valence-electron chi connectivity index (χ0n) is 20.0. The van der Waals surface area contributed by atoms with Crippen LogP contribution in [0.5, 0.6) is 5.75 Å². The summed E-state index contributed by atoms with van der Waals surface area (Å²) in [6, 6.07) is 14.9. The zero-order chi connectivity index (χ0) is 27.8. The second-order valence-electron chi connectivity index (χ2n) is 8.75. The molecule has 0 saturated heterocycles. The van der Waals surface area contributed by atoms with Crippen molar-refractivity contribution in [2.24, 2.45) is 0 Å². The molecule has 200 valence electrons. The fraction of sp³-hybridized carbons (Fsp3) is 0.148. The van der Waals surface area contributed by atoms with E-state index in [0.29, 0.717) is 28.7 Å². The number of sulfonamides is 1. The van der Waals surface area contributed by atoms with Gasteiger partial charge in [-0.1, -0.05) is 24.3 Å². The fourth-order valence-electron chi connectivity index (χ4n) is 4.47. The zero-order valence-corrected chi connectivity index (χ0v) is 20.8. The van der Waals surface area contributed by atoms with Gasteiger partial charge in [-0.05, 0) is 59.5 Å². The molecule has 5 rings (SSSR count). The Morgan fingerprint density at radius 3 is 2.33 bits per heavy atom. The van der Waals surface area contributed by atoms with Gasteiger partial charge in [0, 0.05) is 29.9 Å². The van der Waals surface area contributed by atoms with Crippen LogP contribution in [0.2, 0.25) is 0 Å². The number of halogens is 3. The average Bonchev–Trinajstić information content (AvgIpc) is 2.92. The van der Waals surface area contributed by atoms with E-state index in [1.807, 2.05) is 0 Å². The van der Waals surface area contributed by atoms with Crippen LogP contribution in [-0.4, -0.2) is 36.1 Å². The van der Waals surface area contributed by atoms with E-state index in [1.54, 1.807) is 12.1 Å². The number of carboxylic acids is 1. The van der Waals surface area contributed by atoms with Crippen LogP contribution in [0.15, 0.2) is 84.0 Å². The second-order valence-corrected chi connectivity index (χ2v) is 10.4. The normalized spacial score (nSPS) is 15.2. The Bertz CT molecular complexity index is 1640. The summed E-state index contributed by atoms with van der Waals surface area (Å²) in [5.41, 5.74) is 1.06. The van der Waals surface area contributed by atoms with Gasteiger partial charge in [-0.3, -0.25) is 0 Å². The summed E-state index contributed by atoms with van der Waals surface area (Å²) in [6.45, 7) is 0.203. The Hall–Kier alpha value is -4.45. The van der Waals surface area contributed by atoms with Crippen LogP contribution in [0.3, 0.4) is 0 Å². The van der Waals surface area contributed by atoms with Gasteiger partial charge in [-0.2, -0.15) is 13.2 Å². The molecule has 4 aromatic rings. The molecule has 3 aromatic carbocycles. The molecule has 1 aliphatic heterocycles. The van der Waals surface area contributed by atoms with E-state index in [4.69, 9.17) is 4.74 Å². The molecule has 39 heavy (non-hydrogen) atoms. The molecule has 8 nitrogen and oxygen atoms in total. The highest BCUT2D eigenvalue weighted by molar-refractivity contribution is 7.92. The van der Waals surface area contributed by atoms with Gasteiger partial charge >= 0.3 is 12.1 Å². The third-order valence-corrected chi connectivity index (χ3v) is 7.65. The van der Waals surface area contributed by atoms with Crippen LogP contribution in [0.25, 0.3) is 11.1 Å². The van der Waals surface area contributed by atoms with Crippen molar-refractivity contribution in [3.8, 4) is 16.9 Å². The lowest BCUT2D eigenvalue weighted by atomic mass is 9.82. The molecule has 0 radical (unpaired) electrons. The number of rotatable bonds is 6. The van der Waals surface area contributed by atoms with Crippen LogP contribution >= 0.6 is 0 Å². The predicted octanol–water partition coefficient (Wildman–Crippen LogP) is 5.58. The number of aromatic carboxylic acids is 1. The molecular weight excluding hydrogens is 535 g/mol. The summed E-state index contributed by atoms with van der Waals surface area (Å²) < 4.78 is 74.7. The minimum absolute atomic E-state index is 0.00642. The summed E-state index contributed by atoms with van der Waals surface area (Å²) in [5.74, 6) is -1.37. The third kappa shape index (κ3) is 5.41. The van der Waals surface area contributed by atoms with Crippen LogP contribution in [0.1, 0.15) is 39.4 Å². The maximum atomic E-state index is 13.6. The Labute approximate surface area is 221 Å². The van der Waals surface area contributed by atoms with Crippen molar-refractivity contribution in [3.05, 3.63) is 101 Å². The van der Waals surface area contributed by atoms with Gasteiger partial charge in [0.15, 0.2) is 0 Å². The molecule has 0 amide bonds. The van der Waals surface area contributed by atoms with E-state index in [2.05, 4.69) is 14.7 Å². The molecule has 2 heterocycles. The standard InChI is InChI=1S/C27H20F3N3O5S/c28-27(29,30)18-6-8-20(23(14-18)16-2-4-17(5-3-16)25(34)35)21-10-13-38-24-15-19(7-9-22(21)24)39(36,37)33-26-31-11-1-12-32-26/h1-9,11-12,14-15,21H,10,13H2,(H,34,35)(H,31,32,33). The van der Waals surface area contributed by atoms with E-state index in [0.717, 1.165) is 12.1 Å². The van der Waals surface area contributed by atoms with E-state index in [1.165, 1.54) is 54.9 Å². The summed E-state index contributed by atoms with van der Waals surface area (Å²) in [5, 5.41) is 9.21. The molecular formula is C27H20F3N3O5S. The topological polar surface area (TPSA) is 118 Å². The first-order valence-electron chi connectivity index (χ1n) is 11.6. The number of anilines is 1. The van der Waals surface area contributed by atoms with Crippen molar-refractivity contribution in [3.63, 3.8) is 0 Å². The van der Waals surface area contributed by atoms with Crippen LogP contribution in [0, 0.1) is 0 Å². The number of nitrogens with zero attached hydrogens (tertiary/aromatic N) is 2. The second kappa shape index (κ2) is 10.0. The van der Waals surface area contributed by atoms with Crippen molar-refractivity contribution in [1.82, 2.24) is 9.97 Å². The third-order valence-electron chi connectivity index (χ3n) is 6.33. The molecule has 1 aromatic heterocycles. The number of benzene rings is 3. The molecule has 1 aliphatic rings. The van der Waals surface area contributed by atoms with Crippen molar-refractivity contribution in [2.45, 2.75) is 23.4 Å². The average molecular weight is 556 g/mol. The number of alkyl halides is 3. The molecule has 0 spiro atoms. The van der Waals surface area contributed by atoms with E-state index >= 15 is 0 Å². The molecule has 2 N–H and O–H groups in total. The van der Waals surface area contributed by atoms with Gasteiger partial charge in [-0.25, -0.2) is 27.9 Å². The highest BCUT2D eigenvalue weighted by atomic mass is 32.2. The number of fused-ring (bicyclic) bond motifs is 1. The van der Waals surface area contributed by atoms with Crippen LogP contribution < -0.4 is 9.46 Å². The number of nitrogens with one attached hydrogen (secondary N) is 1. The Morgan fingerprint density at radius 2 is 1.67 bits per heavy atom. The van der Waals surface area contributed by atoms with Gasteiger partial charge < -0.3 is 9.84 Å². The number of aromatic nitrogens is 2. The molecule has 12 heteroatoms. The molecule has 0 bridgehead atoms. The lowest BCUT2D eigenvalue weighted by Crippen LogP contribution is -2.19.